The molecule has 0 saturated heterocycles. The summed E-state index contributed by atoms with van der Waals surface area (Å²) in [6.45, 7) is 1.67. The molecule has 1 atom stereocenters. The van der Waals surface area contributed by atoms with Crippen LogP contribution in [0.2, 0.25) is 10.0 Å². The highest BCUT2D eigenvalue weighted by Crippen LogP contribution is 2.43. The van der Waals surface area contributed by atoms with E-state index in [1.54, 1.807) is 24.3 Å². The number of ketones is 1. The highest BCUT2D eigenvalue weighted by molar-refractivity contribution is 6.35. The number of oxime groups is 1. The number of halogens is 3. The molecule has 35 heavy (non-hydrogen) atoms. The average molecular weight is 515 g/mol. The molecule has 7 nitrogen and oxygen atoms in total. The maximum absolute atomic E-state index is 15.1. The summed E-state index contributed by atoms with van der Waals surface area (Å²) >= 11 is 12.3. The van der Waals surface area contributed by atoms with Crippen LogP contribution in [0.4, 0.5) is 4.39 Å². The van der Waals surface area contributed by atoms with Crippen molar-refractivity contribution in [2.45, 2.75) is 38.1 Å². The lowest BCUT2D eigenvalue weighted by Crippen LogP contribution is -2.43. The molecule has 1 aromatic heterocycles. The largest absolute Gasteiger partial charge is 0.434 e. The Bertz CT molecular complexity index is 1330. The van der Waals surface area contributed by atoms with E-state index in [0.29, 0.717) is 27.6 Å². The zero-order valence-corrected chi connectivity index (χ0v) is 20.2. The summed E-state index contributed by atoms with van der Waals surface area (Å²) in [5.41, 5.74) is 1.94. The van der Waals surface area contributed by atoms with E-state index in [1.807, 2.05) is 6.07 Å². The predicted molar refractivity (Wildman–Crippen MR) is 130 cm³/mol. The maximum atomic E-state index is 15.1. The van der Waals surface area contributed by atoms with Crippen molar-refractivity contribution in [1.29, 1.82) is 0 Å². The molecule has 1 N–H and O–H groups in total. The van der Waals surface area contributed by atoms with Crippen LogP contribution in [0.15, 0.2) is 47.6 Å². The van der Waals surface area contributed by atoms with Crippen LogP contribution in [0.25, 0.3) is 0 Å². The molecule has 0 unspecified atom stereocenters. The van der Waals surface area contributed by atoms with Gasteiger partial charge in [-0.05, 0) is 60.6 Å². The standard InChI is InChI=1S/C25H21Cl2FN4O3/c1-13(33)21-11-19(24-29-17(12-34-32-24)9-15-7-8-16(26)10-20(15)27)25(31-30-21)35-22-4-2-3-18(23(22)28)14-5-6-14/h2-4,7-8,10-11,14,17H,5-6,9,12H2,1H3,(H,29,32)/t17-/m1/s1. The predicted octanol–water partition coefficient (Wildman–Crippen LogP) is 5.69. The minimum atomic E-state index is -0.427. The Morgan fingerprint density at radius 1 is 1.20 bits per heavy atom. The molecule has 180 valence electrons. The third-order valence-electron chi connectivity index (χ3n) is 5.85. The summed E-state index contributed by atoms with van der Waals surface area (Å²) in [5, 5.41) is 16.5. The number of ether oxygens (including phenoxy) is 1. The lowest BCUT2D eigenvalue weighted by molar-refractivity contribution is 0.101. The van der Waals surface area contributed by atoms with Crippen LogP contribution in [0.3, 0.4) is 0 Å². The van der Waals surface area contributed by atoms with E-state index in [4.69, 9.17) is 32.8 Å². The number of nitrogens with one attached hydrogen (secondary N) is 1. The Balaban J connectivity index is 1.44. The average Bonchev–Trinajstić information content (AvgIpc) is 3.68. The fourth-order valence-electron chi connectivity index (χ4n) is 3.86. The van der Waals surface area contributed by atoms with Crippen molar-refractivity contribution < 1.29 is 18.8 Å². The van der Waals surface area contributed by atoms with Crippen LogP contribution in [0, 0.1) is 5.82 Å². The Labute approximate surface area is 211 Å². The molecular weight excluding hydrogens is 494 g/mol. The van der Waals surface area contributed by atoms with Crippen LogP contribution in [0.5, 0.6) is 11.6 Å². The fraction of sp³-hybridized carbons (Fsp3) is 0.280. The number of hydrogen-bond donors (Lipinski definition) is 1. The van der Waals surface area contributed by atoms with E-state index >= 15 is 4.39 Å². The van der Waals surface area contributed by atoms with Crippen LogP contribution in [-0.4, -0.2) is 34.5 Å². The summed E-state index contributed by atoms with van der Waals surface area (Å²) in [5.74, 6) is -0.179. The smallest absolute Gasteiger partial charge is 0.250 e. The van der Waals surface area contributed by atoms with Crippen molar-refractivity contribution in [1.82, 2.24) is 15.5 Å². The number of benzene rings is 2. The number of carbonyl (C=O) groups excluding carboxylic acids is 1. The molecule has 2 aromatic carbocycles. The third-order valence-corrected chi connectivity index (χ3v) is 6.43. The van der Waals surface area contributed by atoms with Gasteiger partial charge in [0.05, 0.1) is 11.6 Å². The summed E-state index contributed by atoms with van der Waals surface area (Å²) in [6.07, 6.45) is 2.44. The monoisotopic (exact) mass is 514 g/mol. The van der Waals surface area contributed by atoms with Crippen molar-refractivity contribution in [3.05, 3.63) is 80.7 Å². The minimum absolute atomic E-state index is 0.00173. The van der Waals surface area contributed by atoms with Gasteiger partial charge in [-0.25, -0.2) is 4.39 Å². The number of nitrogens with zero attached hydrogens (tertiary/aromatic N) is 3. The molecule has 5 rings (SSSR count). The second-order valence-corrected chi connectivity index (χ2v) is 9.40. The molecule has 0 amide bonds. The second-order valence-electron chi connectivity index (χ2n) is 8.56. The van der Waals surface area contributed by atoms with Crippen molar-refractivity contribution in [2.75, 3.05) is 6.61 Å². The lowest BCUT2D eigenvalue weighted by atomic mass is 10.1. The van der Waals surface area contributed by atoms with Gasteiger partial charge >= 0.3 is 0 Å². The molecule has 0 radical (unpaired) electrons. The summed E-state index contributed by atoms with van der Waals surface area (Å²) < 4.78 is 20.9. The molecule has 0 spiro atoms. The van der Waals surface area contributed by atoms with Crippen LogP contribution < -0.4 is 10.1 Å². The van der Waals surface area contributed by atoms with Gasteiger partial charge in [0.2, 0.25) is 5.88 Å². The normalized spacial score (nSPS) is 17.3. The van der Waals surface area contributed by atoms with Gasteiger partial charge in [-0.1, -0.05) is 46.6 Å². The number of rotatable bonds is 7. The Kier molecular flexibility index (Phi) is 6.58. The molecule has 1 aliphatic carbocycles. The topological polar surface area (TPSA) is 85.7 Å². The van der Waals surface area contributed by atoms with E-state index in [-0.39, 0.29) is 47.5 Å². The van der Waals surface area contributed by atoms with E-state index in [1.165, 1.54) is 19.1 Å². The van der Waals surface area contributed by atoms with Gasteiger partial charge in [-0.15, -0.1) is 10.2 Å². The van der Waals surface area contributed by atoms with Gasteiger partial charge in [0.25, 0.3) is 0 Å². The van der Waals surface area contributed by atoms with Crippen LogP contribution in [0.1, 0.15) is 52.9 Å². The summed E-state index contributed by atoms with van der Waals surface area (Å²) in [4.78, 5) is 17.4. The first-order valence-corrected chi connectivity index (χ1v) is 11.9. The second kappa shape index (κ2) is 9.79. The third kappa shape index (κ3) is 5.23. The van der Waals surface area contributed by atoms with Gasteiger partial charge < -0.3 is 14.9 Å². The lowest BCUT2D eigenvalue weighted by Gasteiger charge is -2.25. The Morgan fingerprint density at radius 3 is 2.77 bits per heavy atom. The van der Waals surface area contributed by atoms with Gasteiger partial charge in [-0.3, -0.25) is 4.79 Å². The van der Waals surface area contributed by atoms with Gasteiger partial charge in [0.1, 0.15) is 12.3 Å². The first-order chi connectivity index (χ1) is 16.9. The quantitative estimate of drug-likeness (QED) is 0.407. The van der Waals surface area contributed by atoms with Gasteiger partial charge in [0, 0.05) is 17.0 Å². The van der Waals surface area contributed by atoms with Crippen molar-refractivity contribution in [3.63, 3.8) is 0 Å². The van der Waals surface area contributed by atoms with E-state index in [2.05, 4.69) is 20.7 Å². The van der Waals surface area contributed by atoms with E-state index in [9.17, 15) is 4.79 Å². The molecule has 1 fully saturated rings. The highest BCUT2D eigenvalue weighted by atomic mass is 35.5. The van der Waals surface area contributed by atoms with Gasteiger partial charge in [0.15, 0.2) is 23.2 Å². The number of aromatic nitrogens is 2. The molecular formula is C25H21Cl2FN4O3. The molecule has 2 aliphatic rings. The molecule has 1 saturated carbocycles. The first kappa shape index (κ1) is 23.5. The molecule has 1 aliphatic heterocycles. The molecule has 2 heterocycles. The number of Topliss-reactive ketones (excluding diaryl/α,β-unsaturated/α-hetero) is 1. The zero-order chi connectivity index (χ0) is 24.5. The van der Waals surface area contributed by atoms with Crippen LogP contribution >= 0.6 is 23.2 Å². The maximum Gasteiger partial charge on any atom is 0.250 e. The fourth-order valence-corrected chi connectivity index (χ4v) is 4.35. The molecule has 3 aromatic rings. The Hall–Kier alpha value is -3.23. The highest BCUT2D eigenvalue weighted by Gasteiger charge is 2.29. The SMILES string of the molecule is CC(=O)c1cc(C2=NOC[C@@H](Cc3ccc(Cl)cc3Cl)N2)c(Oc2cccc(C3CC3)c2F)nn1. The van der Waals surface area contributed by atoms with Gasteiger partial charge in [-0.2, -0.15) is 0 Å². The molecule has 10 heteroatoms. The number of amidine groups is 1. The first-order valence-electron chi connectivity index (χ1n) is 11.1. The van der Waals surface area contributed by atoms with E-state index in [0.717, 1.165) is 18.4 Å². The van der Waals surface area contributed by atoms with Crippen molar-refractivity contribution in [2.24, 2.45) is 5.16 Å². The number of carbonyl (C=O) groups is 1. The summed E-state index contributed by atoms with van der Waals surface area (Å²) in [6, 6.07) is 11.6. The minimum Gasteiger partial charge on any atom is -0.434 e. The summed E-state index contributed by atoms with van der Waals surface area (Å²) in [7, 11) is 0. The number of hydrogen-bond acceptors (Lipinski definition) is 7. The van der Waals surface area contributed by atoms with Crippen molar-refractivity contribution >= 4 is 34.8 Å². The van der Waals surface area contributed by atoms with E-state index < -0.39 is 5.82 Å². The molecule has 0 bridgehead atoms. The van der Waals surface area contributed by atoms with Crippen molar-refractivity contribution in [3.8, 4) is 11.6 Å². The zero-order valence-electron chi connectivity index (χ0n) is 18.7. The van der Waals surface area contributed by atoms with Crippen LogP contribution in [-0.2, 0) is 11.3 Å². The Morgan fingerprint density at radius 2 is 2.03 bits per heavy atom.